The second-order valence-electron chi connectivity index (χ2n) is 6.89. The van der Waals surface area contributed by atoms with E-state index in [0.717, 1.165) is 29.8 Å². The van der Waals surface area contributed by atoms with Gasteiger partial charge in [-0.2, -0.15) is 0 Å². The summed E-state index contributed by atoms with van der Waals surface area (Å²) >= 11 is 6.06. The number of aliphatic hydroxyl groups excluding tert-OH is 1. The summed E-state index contributed by atoms with van der Waals surface area (Å²) in [6.07, 6.45) is 3.32. The summed E-state index contributed by atoms with van der Waals surface area (Å²) in [5.41, 5.74) is 8.65. The molecular formula is C20H25ClN2O. The Morgan fingerprint density at radius 1 is 1.08 bits per heavy atom. The maximum Gasteiger partial charge on any atom is 0.0818 e. The van der Waals surface area contributed by atoms with Crippen LogP contribution in [0.2, 0.25) is 5.02 Å². The zero-order chi connectivity index (χ0) is 17.0. The molecule has 1 saturated carbocycles. The molecule has 0 spiro atoms. The Bertz CT molecular complexity index is 658. The molecule has 0 unspecified atom stereocenters. The Hall–Kier alpha value is -1.39. The van der Waals surface area contributed by atoms with Crippen molar-refractivity contribution in [2.75, 3.05) is 6.54 Å². The molecule has 0 bridgehead atoms. The number of nitrogens with one attached hydrogen (secondary N) is 1. The zero-order valence-corrected chi connectivity index (χ0v) is 14.5. The van der Waals surface area contributed by atoms with Crippen molar-refractivity contribution in [1.29, 1.82) is 0 Å². The number of hydrogen-bond donors (Lipinski definition) is 3. The van der Waals surface area contributed by atoms with Gasteiger partial charge >= 0.3 is 0 Å². The van der Waals surface area contributed by atoms with Crippen LogP contribution in [0.15, 0.2) is 54.6 Å². The predicted molar refractivity (Wildman–Crippen MR) is 99.3 cm³/mol. The average Bonchev–Trinajstić information content (AvgIpc) is 3.33. The van der Waals surface area contributed by atoms with Crippen LogP contribution in [0.25, 0.3) is 0 Å². The Labute approximate surface area is 148 Å². The number of rotatable bonds is 8. The van der Waals surface area contributed by atoms with Crippen LogP contribution in [-0.2, 0) is 12.8 Å². The molecule has 2 atom stereocenters. The van der Waals surface area contributed by atoms with Crippen molar-refractivity contribution in [3.05, 3.63) is 70.7 Å². The van der Waals surface area contributed by atoms with Crippen LogP contribution in [0.1, 0.15) is 24.0 Å². The highest BCUT2D eigenvalue weighted by molar-refractivity contribution is 6.30. The third-order valence-electron chi connectivity index (χ3n) is 4.78. The molecule has 0 saturated heterocycles. The highest BCUT2D eigenvalue weighted by atomic mass is 35.5. The highest BCUT2D eigenvalue weighted by Crippen LogP contribution is 2.38. The third kappa shape index (κ3) is 4.81. The lowest BCUT2D eigenvalue weighted by Crippen LogP contribution is -2.47. The number of hydrogen-bond acceptors (Lipinski definition) is 3. The minimum Gasteiger partial charge on any atom is -0.390 e. The molecular weight excluding hydrogens is 320 g/mol. The van der Waals surface area contributed by atoms with Gasteiger partial charge in [0, 0.05) is 23.1 Å². The van der Waals surface area contributed by atoms with E-state index in [0.29, 0.717) is 13.0 Å². The quantitative estimate of drug-likeness (QED) is 0.690. The summed E-state index contributed by atoms with van der Waals surface area (Å²) < 4.78 is 0. The van der Waals surface area contributed by atoms with E-state index < -0.39 is 6.10 Å². The predicted octanol–water partition coefficient (Wildman–Crippen LogP) is 2.94. The molecule has 1 aliphatic rings. The van der Waals surface area contributed by atoms with Crippen LogP contribution in [0.4, 0.5) is 0 Å². The molecule has 0 aromatic heterocycles. The summed E-state index contributed by atoms with van der Waals surface area (Å²) in [5.74, 6) is 0. The molecule has 3 nitrogen and oxygen atoms in total. The van der Waals surface area contributed by atoms with Gasteiger partial charge in [0.25, 0.3) is 0 Å². The van der Waals surface area contributed by atoms with Gasteiger partial charge in [-0.25, -0.2) is 0 Å². The molecule has 0 aliphatic heterocycles. The van der Waals surface area contributed by atoms with Crippen molar-refractivity contribution in [1.82, 2.24) is 5.32 Å². The first-order chi connectivity index (χ1) is 11.6. The van der Waals surface area contributed by atoms with E-state index in [1.165, 1.54) is 5.56 Å². The van der Waals surface area contributed by atoms with E-state index in [2.05, 4.69) is 11.4 Å². The first kappa shape index (κ1) is 17.4. The van der Waals surface area contributed by atoms with Crippen LogP contribution in [0.3, 0.4) is 0 Å². The van der Waals surface area contributed by atoms with Crippen LogP contribution >= 0.6 is 11.6 Å². The summed E-state index contributed by atoms with van der Waals surface area (Å²) in [5, 5.41) is 14.7. The standard InChI is InChI=1S/C20H25ClN2O/c21-17-8-4-7-16(11-17)13-20(9-10-20)23-14-19(24)18(22)12-15-5-2-1-3-6-15/h1-8,11,18-19,23-24H,9-10,12-14,22H2/t18-,19+/m0/s1. The van der Waals surface area contributed by atoms with Crippen molar-refractivity contribution in [3.8, 4) is 0 Å². The molecule has 1 aliphatic carbocycles. The minimum absolute atomic E-state index is 0.0954. The Kier molecular flexibility index (Phi) is 5.57. The van der Waals surface area contributed by atoms with Gasteiger partial charge in [-0.1, -0.05) is 54.1 Å². The van der Waals surface area contributed by atoms with Gasteiger partial charge in [-0.15, -0.1) is 0 Å². The van der Waals surface area contributed by atoms with Crippen molar-refractivity contribution < 1.29 is 5.11 Å². The first-order valence-electron chi connectivity index (χ1n) is 8.53. The number of β-amino-alcohol motifs (C(OH)–C–C–N with tert-alkyl or cyclic N) is 1. The van der Waals surface area contributed by atoms with E-state index in [4.69, 9.17) is 17.3 Å². The largest absolute Gasteiger partial charge is 0.390 e. The van der Waals surface area contributed by atoms with E-state index in [-0.39, 0.29) is 11.6 Å². The van der Waals surface area contributed by atoms with Crippen molar-refractivity contribution in [2.45, 2.75) is 43.4 Å². The zero-order valence-electron chi connectivity index (χ0n) is 13.8. The van der Waals surface area contributed by atoms with Gasteiger partial charge in [0.15, 0.2) is 0 Å². The van der Waals surface area contributed by atoms with Crippen molar-refractivity contribution in [3.63, 3.8) is 0 Å². The molecule has 128 valence electrons. The lowest BCUT2D eigenvalue weighted by Gasteiger charge is -2.24. The van der Waals surface area contributed by atoms with Crippen LogP contribution in [0.5, 0.6) is 0 Å². The second-order valence-corrected chi connectivity index (χ2v) is 7.33. The molecule has 4 heteroatoms. The summed E-state index contributed by atoms with van der Waals surface area (Å²) in [4.78, 5) is 0. The number of halogens is 1. The minimum atomic E-state index is -0.554. The third-order valence-corrected chi connectivity index (χ3v) is 5.01. The molecule has 2 aromatic rings. The van der Waals surface area contributed by atoms with E-state index in [9.17, 15) is 5.11 Å². The number of benzene rings is 2. The molecule has 1 fully saturated rings. The van der Waals surface area contributed by atoms with Crippen LogP contribution < -0.4 is 11.1 Å². The van der Waals surface area contributed by atoms with Gasteiger partial charge < -0.3 is 16.2 Å². The van der Waals surface area contributed by atoms with Gasteiger partial charge in [-0.05, 0) is 48.9 Å². The molecule has 0 radical (unpaired) electrons. The lowest BCUT2D eigenvalue weighted by atomic mass is 10.0. The van der Waals surface area contributed by atoms with E-state index in [1.807, 2.05) is 48.5 Å². The molecule has 0 amide bonds. The van der Waals surface area contributed by atoms with Gasteiger partial charge in [0.05, 0.1) is 6.10 Å². The molecule has 3 rings (SSSR count). The highest BCUT2D eigenvalue weighted by Gasteiger charge is 2.42. The maximum absolute atomic E-state index is 10.4. The number of aliphatic hydroxyl groups is 1. The van der Waals surface area contributed by atoms with Crippen LogP contribution in [-0.4, -0.2) is 29.3 Å². The summed E-state index contributed by atoms with van der Waals surface area (Å²) in [7, 11) is 0. The fourth-order valence-corrected chi connectivity index (χ4v) is 3.31. The smallest absolute Gasteiger partial charge is 0.0818 e. The summed E-state index contributed by atoms with van der Waals surface area (Å²) in [6.45, 7) is 0.522. The monoisotopic (exact) mass is 344 g/mol. The van der Waals surface area contributed by atoms with Gasteiger partial charge in [0.2, 0.25) is 0 Å². The Morgan fingerprint density at radius 3 is 2.46 bits per heavy atom. The second kappa shape index (κ2) is 7.66. The van der Waals surface area contributed by atoms with Crippen LogP contribution in [0, 0.1) is 0 Å². The molecule has 2 aromatic carbocycles. The Morgan fingerprint density at radius 2 is 1.79 bits per heavy atom. The van der Waals surface area contributed by atoms with Crippen molar-refractivity contribution in [2.24, 2.45) is 5.73 Å². The van der Waals surface area contributed by atoms with Gasteiger partial charge in [-0.3, -0.25) is 0 Å². The van der Waals surface area contributed by atoms with Gasteiger partial charge in [0.1, 0.15) is 0 Å². The fraction of sp³-hybridized carbons (Fsp3) is 0.400. The fourth-order valence-electron chi connectivity index (χ4n) is 3.10. The molecule has 24 heavy (non-hydrogen) atoms. The average molecular weight is 345 g/mol. The van der Waals surface area contributed by atoms with E-state index in [1.54, 1.807) is 0 Å². The lowest BCUT2D eigenvalue weighted by molar-refractivity contribution is 0.136. The normalized spacial score (nSPS) is 18.1. The summed E-state index contributed by atoms with van der Waals surface area (Å²) in [6, 6.07) is 17.8. The molecule has 0 heterocycles. The van der Waals surface area contributed by atoms with Crippen molar-refractivity contribution >= 4 is 11.6 Å². The Balaban J connectivity index is 1.49. The topological polar surface area (TPSA) is 58.3 Å². The van der Waals surface area contributed by atoms with E-state index >= 15 is 0 Å². The molecule has 4 N–H and O–H groups in total. The first-order valence-corrected chi connectivity index (χ1v) is 8.91. The SMILES string of the molecule is N[C@@H](Cc1ccccc1)[C@H](O)CNC1(Cc2cccc(Cl)c2)CC1. The maximum atomic E-state index is 10.4. The number of nitrogens with two attached hydrogens (primary N) is 1.